The number of amides is 1. The number of hydrogen-bond acceptors (Lipinski definition) is 3. The zero-order valence-electron chi connectivity index (χ0n) is 14.1. The van der Waals surface area contributed by atoms with Crippen LogP contribution in [0.15, 0.2) is 54.6 Å². The number of hydrogen-bond donors (Lipinski definition) is 1. The molecule has 4 nitrogen and oxygen atoms in total. The van der Waals surface area contributed by atoms with Gasteiger partial charge in [0.25, 0.3) is 5.91 Å². The number of carbonyl (C=O) groups excluding carboxylic acids is 1. The first-order valence-corrected chi connectivity index (χ1v) is 8.49. The highest BCUT2D eigenvalue weighted by atomic mass is 16.5. The van der Waals surface area contributed by atoms with E-state index in [-0.39, 0.29) is 18.6 Å². The van der Waals surface area contributed by atoms with Crippen LogP contribution in [0.3, 0.4) is 0 Å². The lowest BCUT2D eigenvalue weighted by Crippen LogP contribution is -2.53. The van der Waals surface area contributed by atoms with Crippen molar-refractivity contribution in [1.82, 2.24) is 10.2 Å². The van der Waals surface area contributed by atoms with Gasteiger partial charge in [0.1, 0.15) is 5.75 Å². The molecule has 0 unspecified atom stereocenters. The van der Waals surface area contributed by atoms with Gasteiger partial charge in [0.15, 0.2) is 6.61 Å². The van der Waals surface area contributed by atoms with Crippen LogP contribution < -0.4 is 10.1 Å². The van der Waals surface area contributed by atoms with Crippen molar-refractivity contribution < 1.29 is 9.53 Å². The van der Waals surface area contributed by atoms with Gasteiger partial charge in [-0.3, -0.25) is 4.79 Å². The van der Waals surface area contributed by atoms with Crippen LogP contribution >= 0.6 is 0 Å². The number of para-hydroxylation sites is 1. The monoisotopic (exact) mass is 324 g/mol. The maximum atomic E-state index is 12.4. The van der Waals surface area contributed by atoms with Crippen LogP contribution in [0.4, 0.5) is 0 Å². The highest BCUT2D eigenvalue weighted by Gasteiger charge is 2.23. The first kappa shape index (κ1) is 16.5. The first-order chi connectivity index (χ1) is 11.7. The largest absolute Gasteiger partial charge is 0.483 e. The molecule has 2 aromatic rings. The number of ether oxygens (including phenoxy) is 1. The maximum Gasteiger partial charge on any atom is 0.260 e. The molecule has 0 radical (unpaired) electrons. The Hall–Kier alpha value is -2.33. The average molecular weight is 324 g/mol. The van der Waals surface area contributed by atoms with Gasteiger partial charge in [-0.1, -0.05) is 48.5 Å². The van der Waals surface area contributed by atoms with E-state index < -0.39 is 0 Å². The molecule has 4 heteroatoms. The molecule has 1 atom stereocenters. The standard InChI is InChI=1S/C20H24N2O2/c1-16-14-21-11-12-22(16)20(23)15-24-19-10-6-5-9-18(19)13-17-7-3-2-4-8-17/h2-10,16,21H,11-15H2,1H3/t16-/m0/s1. The molecule has 1 heterocycles. The summed E-state index contributed by atoms with van der Waals surface area (Å²) in [6.07, 6.45) is 0.801. The number of nitrogens with one attached hydrogen (secondary N) is 1. The van der Waals surface area contributed by atoms with Gasteiger partial charge < -0.3 is 15.0 Å². The Morgan fingerprint density at radius 1 is 1.17 bits per heavy atom. The molecule has 0 aromatic heterocycles. The third kappa shape index (κ3) is 4.15. The van der Waals surface area contributed by atoms with E-state index in [1.54, 1.807) is 0 Å². The van der Waals surface area contributed by atoms with Crippen molar-refractivity contribution in [3.05, 3.63) is 65.7 Å². The molecule has 0 aliphatic carbocycles. The van der Waals surface area contributed by atoms with E-state index in [1.165, 1.54) is 5.56 Å². The SMILES string of the molecule is C[C@H]1CNCCN1C(=O)COc1ccccc1Cc1ccccc1. The van der Waals surface area contributed by atoms with E-state index in [1.807, 2.05) is 41.3 Å². The van der Waals surface area contributed by atoms with E-state index in [0.717, 1.165) is 37.4 Å². The summed E-state index contributed by atoms with van der Waals surface area (Å²) >= 11 is 0. The van der Waals surface area contributed by atoms with E-state index in [4.69, 9.17) is 4.74 Å². The molecule has 0 spiro atoms. The molecule has 24 heavy (non-hydrogen) atoms. The van der Waals surface area contributed by atoms with Crippen molar-refractivity contribution in [2.24, 2.45) is 0 Å². The molecule has 0 saturated carbocycles. The van der Waals surface area contributed by atoms with Crippen LogP contribution in [0, 0.1) is 0 Å². The Bertz CT molecular complexity index is 672. The quantitative estimate of drug-likeness (QED) is 0.919. The minimum absolute atomic E-state index is 0.0542. The molecular weight excluding hydrogens is 300 g/mol. The van der Waals surface area contributed by atoms with Gasteiger partial charge in [0.05, 0.1) is 0 Å². The fraction of sp³-hybridized carbons (Fsp3) is 0.350. The third-order valence-electron chi connectivity index (χ3n) is 4.38. The zero-order chi connectivity index (χ0) is 16.8. The number of benzene rings is 2. The van der Waals surface area contributed by atoms with Gasteiger partial charge in [-0.25, -0.2) is 0 Å². The normalized spacial score (nSPS) is 17.5. The molecule has 2 aromatic carbocycles. The molecule has 126 valence electrons. The Balaban J connectivity index is 1.64. The molecule has 3 rings (SSSR count). The van der Waals surface area contributed by atoms with Gasteiger partial charge in [0, 0.05) is 32.1 Å². The Morgan fingerprint density at radius 3 is 2.71 bits per heavy atom. The predicted molar refractivity (Wildman–Crippen MR) is 95.2 cm³/mol. The van der Waals surface area contributed by atoms with Crippen molar-refractivity contribution in [2.45, 2.75) is 19.4 Å². The van der Waals surface area contributed by atoms with Crippen molar-refractivity contribution in [1.29, 1.82) is 0 Å². The fourth-order valence-electron chi connectivity index (χ4n) is 3.04. The molecule has 1 aliphatic rings. The Labute approximate surface area is 143 Å². The fourth-order valence-corrected chi connectivity index (χ4v) is 3.04. The van der Waals surface area contributed by atoms with Crippen LogP contribution in [0.1, 0.15) is 18.1 Å². The smallest absolute Gasteiger partial charge is 0.260 e. The van der Waals surface area contributed by atoms with E-state index in [0.29, 0.717) is 0 Å². The van der Waals surface area contributed by atoms with Gasteiger partial charge in [-0.2, -0.15) is 0 Å². The summed E-state index contributed by atoms with van der Waals surface area (Å²) in [7, 11) is 0. The molecule has 0 bridgehead atoms. The lowest BCUT2D eigenvalue weighted by Gasteiger charge is -2.33. The Kier molecular flexibility index (Phi) is 5.49. The third-order valence-corrected chi connectivity index (χ3v) is 4.38. The van der Waals surface area contributed by atoms with Crippen molar-refractivity contribution in [3.63, 3.8) is 0 Å². The second-order valence-electron chi connectivity index (χ2n) is 6.20. The minimum atomic E-state index is 0.0542. The van der Waals surface area contributed by atoms with E-state index in [9.17, 15) is 4.79 Å². The average Bonchev–Trinajstić information content (AvgIpc) is 2.62. The summed E-state index contributed by atoms with van der Waals surface area (Å²) in [6, 6.07) is 18.4. The first-order valence-electron chi connectivity index (χ1n) is 8.49. The summed E-state index contributed by atoms with van der Waals surface area (Å²) < 4.78 is 5.86. The summed E-state index contributed by atoms with van der Waals surface area (Å²) in [5.74, 6) is 0.844. The molecule has 1 aliphatic heterocycles. The summed E-state index contributed by atoms with van der Waals surface area (Å²) in [4.78, 5) is 14.3. The van der Waals surface area contributed by atoms with Gasteiger partial charge in [-0.05, 0) is 24.1 Å². The Morgan fingerprint density at radius 2 is 1.92 bits per heavy atom. The summed E-state index contributed by atoms with van der Waals surface area (Å²) in [6.45, 7) is 4.59. The molecule has 1 fully saturated rings. The minimum Gasteiger partial charge on any atom is -0.483 e. The van der Waals surface area contributed by atoms with Crippen molar-refractivity contribution in [3.8, 4) is 5.75 Å². The highest BCUT2D eigenvalue weighted by Crippen LogP contribution is 2.21. The van der Waals surface area contributed by atoms with Gasteiger partial charge >= 0.3 is 0 Å². The number of piperazine rings is 1. The molecular formula is C20H24N2O2. The summed E-state index contributed by atoms with van der Waals surface area (Å²) in [5.41, 5.74) is 2.33. The molecule has 1 amide bonds. The zero-order valence-corrected chi connectivity index (χ0v) is 14.1. The van der Waals surface area contributed by atoms with Crippen LogP contribution in [0.25, 0.3) is 0 Å². The number of rotatable bonds is 5. The number of nitrogens with zero attached hydrogens (tertiary/aromatic N) is 1. The summed E-state index contributed by atoms with van der Waals surface area (Å²) in [5, 5.41) is 3.29. The van der Waals surface area contributed by atoms with Crippen LogP contribution in [-0.2, 0) is 11.2 Å². The second-order valence-corrected chi connectivity index (χ2v) is 6.20. The second kappa shape index (κ2) is 7.97. The van der Waals surface area contributed by atoms with Crippen molar-refractivity contribution in [2.75, 3.05) is 26.2 Å². The number of carbonyl (C=O) groups is 1. The van der Waals surface area contributed by atoms with Gasteiger partial charge in [-0.15, -0.1) is 0 Å². The predicted octanol–water partition coefficient (Wildman–Crippen LogP) is 2.48. The van der Waals surface area contributed by atoms with Crippen molar-refractivity contribution >= 4 is 5.91 Å². The topological polar surface area (TPSA) is 41.6 Å². The van der Waals surface area contributed by atoms with Crippen LogP contribution in [0.2, 0.25) is 0 Å². The lowest BCUT2D eigenvalue weighted by molar-refractivity contribution is -0.136. The lowest BCUT2D eigenvalue weighted by atomic mass is 10.0. The van der Waals surface area contributed by atoms with Crippen LogP contribution in [0.5, 0.6) is 5.75 Å². The highest BCUT2D eigenvalue weighted by molar-refractivity contribution is 5.78. The maximum absolute atomic E-state index is 12.4. The van der Waals surface area contributed by atoms with Crippen LogP contribution in [-0.4, -0.2) is 43.1 Å². The van der Waals surface area contributed by atoms with E-state index >= 15 is 0 Å². The molecule has 1 N–H and O–H groups in total. The van der Waals surface area contributed by atoms with E-state index in [2.05, 4.69) is 30.4 Å². The molecule has 1 saturated heterocycles. The van der Waals surface area contributed by atoms with Gasteiger partial charge in [0.2, 0.25) is 0 Å².